The lowest BCUT2D eigenvalue weighted by Crippen LogP contribution is -2.62. The average molecular weight is 240 g/mol. The summed E-state index contributed by atoms with van der Waals surface area (Å²) in [6.45, 7) is 1.16. The number of alkyl halides is 2. The number of halogens is 2. The van der Waals surface area contributed by atoms with Gasteiger partial charge >= 0.3 is 0 Å². The maximum Gasteiger partial charge on any atom is 0.270 e. The van der Waals surface area contributed by atoms with E-state index in [9.17, 15) is 17.2 Å². The highest BCUT2D eigenvalue weighted by atomic mass is 32.2. The Morgan fingerprint density at radius 1 is 1.33 bits per heavy atom. The quantitative estimate of drug-likeness (QED) is 0.732. The van der Waals surface area contributed by atoms with E-state index in [1.807, 2.05) is 0 Å². The van der Waals surface area contributed by atoms with E-state index in [1.54, 1.807) is 0 Å². The molecule has 0 unspecified atom stereocenters. The first-order chi connectivity index (χ1) is 6.83. The molecule has 88 valence electrons. The predicted molar refractivity (Wildman–Crippen MR) is 51.3 cm³/mol. The summed E-state index contributed by atoms with van der Waals surface area (Å²) in [4.78, 5) is 0. The van der Waals surface area contributed by atoms with Crippen LogP contribution in [-0.4, -0.2) is 50.6 Å². The van der Waals surface area contributed by atoms with Crippen molar-refractivity contribution in [3.05, 3.63) is 0 Å². The van der Waals surface area contributed by atoms with Crippen molar-refractivity contribution in [2.45, 2.75) is 12.8 Å². The number of sulfonamides is 1. The molecule has 2 aliphatic rings. The van der Waals surface area contributed by atoms with E-state index in [0.717, 1.165) is 4.31 Å². The maximum absolute atomic E-state index is 13.6. The molecule has 2 fully saturated rings. The molecule has 2 saturated heterocycles. The Bertz CT molecular complexity index is 365. The fourth-order valence-corrected chi connectivity index (χ4v) is 3.24. The normalized spacial score (nSPS) is 29.3. The first-order valence-electron chi connectivity index (χ1n) is 4.89. The molecule has 2 rings (SSSR count). The lowest BCUT2D eigenvalue weighted by Gasteiger charge is -2.42. The lowest BCUT2D eigenvalue weighted by atomic mass is 9.78. The second kappa shape index (κ2) is 3.11. The third-order valence-electron chi connectivity index (χ3n) is 3.31. The van der Waals surface area contributed by atoms with Crippen molar-refractivity contribution in [2.75, 3.05) is 31.9 Å². The molecular weight excluding hydrogens is 226 g/mol. The van der Waals surface area contributed by atoms with Crippen LogP contribution in [0.25, 0.3) is 0 Å². The molecule has 0 aromatic heterocycles. The van der Waals surface area contributed by atoms with Crippen LogP contribution in [0.4, 0.5) is 8.78 Å². The molecule has 0 aliphatic carbocycles. The molecule has 0 atom stereocenters. The van der Waals surface area contributed by atoms with Gasteiger partial charge in [-0.3, -0.25) is 0 Å². The van der Waals surface area contributed by atoms with Gasteiger partial charge in [0.05, 0.1) is 17.7 Å². The summed E-state index contributed by atoms with van der Waals surface area (Å²) in [5.74, 6) is -3.02. The largest absolute Gasteiger partial charge is 0.315 e. The van der Waals surface area contributed by atoms with E-state index < -0.39 is 27.9 Å². The SMILES string of the molecule is CCS(=O)(=O)N1CC(F)(F)C2(CNC2)C1. The molecule has 4 nitrogen and oxygen atoms in total. The van der Waals surface area contributed by atoms with Crippen LogP contribution < -0.4 is 5.32 Å². The van der Waals surface area contributed by atoms with E-state index in [2.05, 4.69) is 5.32 Å². The number of nitrogens with zero attached hydrogens (tertiary/aromatic N) is 1. The number of rotatable bonds is 2. The Balaban J connectivity index is 2.23. The molecule has 0 aromatic rings. The Labute approximate surface area is 87.7 Å². The summed E-state index contributed by atoms with van der Waals surface area (Å²) < 4.78 is 51.1. The summed E-state index contributed by atoms with van der Waals surface area (Å²) in [6, 6.07) is 0. The van der Waals surface area contributed by atoms with Gasteiger partial charge in [-0.25, -0.2) is 17.2 Å². The highest BCUT2D eigenvalue weighted by Crippen LogP contribution is 2.47. The van der Waals surface area contributed by atoms with Gasteiger partial charge in [0.25, 0.3) is 5.92 Å². The summed E-state index contributed by atoms with van der Waals surface area (Å²) in [5, 5.41) is 2.79. The first kappa shape index (κ1) is 11.2. The standard InChI is InChI=1S/C8H14F2N2O2S/c1-2-15(13,14)12-5-7(3-11-4-7)8(9,10)6-12/h11H,2-6H2,1H3. The van der Waals surface area contributed by atoms with Gasteiger partial charge in [0.2, 0.25) is 10.0 Å². The van der Waals surface area contributed by atoms with Crippen molar-refractivity contribution in [2.24, 2.45) is 5.41 Å². The molecule has 7 heteroatoms. The first-order valence-corrected chi connectivity index (χ1v) is 6.50. The van der Waals surface area contributed by atoms with Gasteiger partial charge in [-0.2, -0.15) is 4.31 Å². The molecular formula is C8H14F2N2O2S. The summed E-state index contributed by atoms with van der Waals surface area (Å²) in [6.07, 6.45) is 0. The molecule has 0 amide bonds. The van der Waals surface area contributed by atoms with E-state index in [1.165, 1.54) is 6.92 Å². The number of hydrogen-bond donors (Lipinski definition) is 1. The van der Waals surface area contributed by atoms with E-state index >= 15 is 0 Å². The van der Waals surface area contributed by atoms with Crippen LogP contribution in [0.1, 0.15) is 6.92 Å². The Morgan fingerprint density at radius 3 is 2.27 bits per heavy atom. The average Bonchev–Trinajstić information content (AvgIpc) is 2.37. The Morgan fingerprint density at radius 2 is 1.93 bits per heavy atom. The minimum Gasteiger partial charge on any atom is -0.315 e. The minimum absolute atomic E-state index is 0.0524. The molecule has 0 aromatic carbocycles. The van der Waals surface area contributed by atoms with E-state index in [0.29, 0.717) is 0 Å². The second-order valence-electron chi connectivity index (χ2n) is 4.26. The molecule has 0 radical (unpaired) electrons. The molecule has 2 aliphatic heterocycles. The number of hydrogen-bond acceptors (Lipinski definition) is 3. The van der Waals surface area contributed by atoms with Crippen LogP contribution in [0.2, 0.25) is 0 Å². The molecule has 0 saturated carbocycles. The van der Waals surface area contributed by atoms with Crippen LogP contribution in [-0.2, 0) is 10.0 Å². The van der Waals surface area contributed by atoms with E-state index in [4.69, 9.17) is 0 Å². The maximum atomic E-state index is 13.6. The van der Waals surface area contributed by atoms with Gasteiger partial charge in [0.1, 0.15) is 0 Å². The molecule has 2 heterocycles. The smallest absolute Gasteiger partial charge is 0.270 e. The fraction of sp³-hybridized carbons (Fsp3) is 1.00. The molecule has 15 heavy (non-hydrogen) atoms. The van der Waals surface area contributed by atoms with Crippen molar-refractivity contribution in [3.63, 3.8) is 0 Å². The predicted octanol–water partition coefficient (Wildman–Crippen LogP) is -0.123. The zero-order chi connectivity index (χ0) is 11.3. The highest BCUT2D eigenvalue weighted by molar-refractivity contribution is 7.89. The Kier molecular flexibility index (Phi) is 2.33. The molecule has 1 spiro atoms. The van der Waals surface area contributed by atoms with Crippen molar-refractivity contribution in [3.8, 4) is 0 Å². The minimum atomic E-state index is -3.49. The topological polar surface area (TPSA) is 49.4 Å². The van der Waals surface area contributed by atoms with Gasteiger partial charge in [-0.1, -0.05) is 0 Å². The van der Waals surface area contributed by atoms with Gasteiger partial charge in [0.15, 0.2) is 0 Å². The Hall–Kier alpha value is -0.270. The zero-order valence-corrected chi connectivity index (χ0v) is 9.28. The van der Waals surface area contributed by atoms with Crippen LogP contribution >= 0.6 is 0 Å². The number of nitrogens with one attached hydrogen (secondary N) is 1. The third kappa shape index (κ3) is 1.48. The lowest BCUT2D eigenvalue weighted by molar-refractivity contribution is -0.107. The molecule has 0 bridgehead atoms. The zero-order valence-electron chi connectivity index (χ0n) is 8.46. The van der Waals surface area contributed by atoms with Crippen molar-refractivity contribution >= 4 is 10.0 Å². The van der Waals surface area contributed by atoms with Gasteiger partial charge in [-0.15, -0.1) is 0 Å². The monoisotopic (exact) mass is 240 g/mol. The fourth-order valence-electron chi connectivity index (χ4n) is 2.07. The highest BCUT2D eigenvalue weighted by Gasteiger charge is 2.64. The van der Waals surface area contributed by atoms with Crippen molar-refractivity contribution in [1.29, 1.82) is 0 Å². The summed E-state index contributed by atoms with van der Waals surface area (Å²) in [5.41, 5.74) is -1.16. The van der Waals surface area contributed by atoms with Gasteiger partial charge in [0, 0.05) is 19.6 Å². The molecule has 1 N–H and O–H groups in total. The van der Waals surface area contributed by atoms with Crippen molar-refractivity contribution in [1.82, 2.24) is 9.62 Å². The van der Waals surface area contributed by atoms with Gasteiger partial charge < -0.3 is 5.32 Å². The summed E-state index contributed by atoms with van der Waals surface area (Å²) in [7, 11) is -3.49. The van der Waals surface area contributed by atoms with Crippen molar-refractivity contribution < 1.29 is 17.2 Å². The van der Waals surface area contributed by atoms with Gasteiger partial charge in [-0.05, 0) is 6.92 Å². The second-order valence-corrected chi connectivity index (χ2v) is 6.51. The van der Waals surface area contributed by atoms with Crippen LogP contribution in [0.5, 0.6) is 0 Å². The summed E-state index contributed by atoms with van der Waals surface area (Å²) >= 11 is 0. The third-order valence-corrected chi connectivity index (χ3v) is 5.09. The van der Waals surface area contributed by atoms with Crippen LogP contribution in [0.3, 0.4) is 0 Å². The van der Waals surface area contributed by atoms with Crippen LogP contribution in [0.15, 0.2) is 0 Å². The van der Waals surface area contributed by atoms with E-state index in [-0.39, 0.29) is 25.4 Å². The van der Waals surface area contributed by atoms with Crippen LogP contribution in [0, 0.1) is 5.41 Å².